The molecule has 0 aliphatic carbocycles. The van der Waals surface area contributed by atoms with Gasteiger partial charge >= 0.3 is 6.18 Å². The van der Waals surface area contributed by atoms with Crippen LogP contribution in [0.2, 0.25) is 0 Å². The number of methoxy groups -OCH3 is 1. The Morgan fingerprint density at radius 2 is 1.86 bits per heavy atom. The van der Waals surface area contributed by atoms with Gasteiger partial charge in [0, 0.05) is 42.6 Å². The van der Waals surface area contributed by atoms with Crippen molar-refractivity contribution in [3.63, 3.8) is 0 Å². The van der Waals surface area contributed by atoms with Crippen LogP contribution in [0.5, 0.6) is 5.75 Å². The largest absolute Gasteiger partial charge is 0.496 e. The first-order valence-electron chi connectivity index (χ1n) is 11.8. The summed E-state index contributed by atoms with van der Waals surface area (Å²) in [6.45, 7) is 7.97. The monoisotopic (exact) mass is 521 g/mol. The van der Waals surface area contributed by atoms with E-state index in [2.05, 4.69) is 27.1 Å². The van der Waals surface area contributed by atoms with Crippen molar-refractivity contribution >= 4 is 34.9 Å². The van der Waals surface area contributed by atoms with Gasteiger partial charge in [-0.15, -0.1) is 0 Å². The number of rotatable bonds is 6. The molecule has 36 heavy (non-hydrogen) atoms. The lowest BCUT2D eigenvalue weighted by molar-refractivity contribution is -0.137. The Hall–Kier alpha value is -2.84. The fraction of sp³-hybridized carbons (Fsp3) is 0.440. The van der Waals surface area contributed by atoms with Crippen molar-refractivity contribution in [1.29, 1.82) is 0 Å². The molecule has 0 spiro atoms. The van der Waals surface area contributed by atoms with Crippen molar-refractivity contribution in [2.75, 3.05) is 50.1 Å². The van der Waals surface area contributed by atoms with Crippen LogP contribution >= 0.6 is 7.14 Å². The Balaban J connectivity index is 1.76. The van der Waals surface area contributed by atoms with Crippen molar-refractivity contribution < 1.29 is 22.5 Å². The molecule has 3 N–H and O–H groups in total. The van der Waals surface area contributed by atoms with Crippen molar-refractivity contribution in [3.05, 3.63) is 47.3 Å². The first-order chi connectivity index (χ1) is 16.9. The standard InChI is InChI=1S/C25H31F3N5O2P/c1-5-33-6-8-36(34,9-7-33)23-13-20-21(14-22(23)35-4)31-16(3)32-24(20)30-15(2)17-10-18(25(26,27)28)12-19(29)11-17/h10-15H,5-9,29H2,1-4H3,(H,30,31,32)/t15-/m1/s1. The molecular weight excluding hydrogens is 490 g/mol. The van der Waals surface area contributed by atoms with Crippen LogP contribution in [0.25, 0.3) is 10.9 Å². The van der Waals surface area contributed by atoms with E-state index in [1.165, 1.54) is 6.07 Å². The number of hydrogen-bond donors (Lipinski definition) is 2. The van der Waals surface area contributed by atoms with Gasteiger partial charge in [-0.05, 0) is 50.2 Å². The fourth-order valence-electron chi connectivity index (χ4n) is 4.62. The summed E-state index contributed by atoms with van der Waals surface area (Å²) in [4.78, 5) is 11.3. The summed E-state index contributed by atoms with van der Waals surface area (Å²) >= 11 is 0. The Morgan fingerprint density at radius 1 is 1.17 bits per heavy atom. The summed E-state index contributed by atoms with van der Waals surface area (Å²) in [5, 5.41) is 4.52. The number of nitrogens with one attached hydrogen (secondary N) is 1. The lowest BCUT2D eigenvalue weighted by atomic mass is 10.0. The normalized spacial score (nSPS) is 17.2. The molecule has 0 unspecified atom stereocenters. The number of hydrogen-bond acceptors (Lipinski definition) is 7. The van der Waals surface area contributed by atoms with Crippen LogP contribution in [0.3, 0.4) is 0 Å². The minimum absolute atomic E-state index is 0.0285. The van der Waals surface area contributed by atoms with E-state index >= 15 is 0 Å². The molecule has 7 nitrogen and oxygen atoms in total. The molecule has 3 aromatic rings. The highest BCUT2D eigenvalue weighted by Crippen LogP contribution is 2.49. The number of nitrogens with two attached hydrogens (primary N) is 1. The van der Waals surface area contributed by atoms with E-state index < -0.39 is 24.9 Å². The average molecular weight is 522 g/mol. The molecular formula is C25H31F3N5O2P. The van der Waals surface area contributed by atoms with Gasteiger partial charge in [-0.25, -0.2) is 9.97 Å². The van der Waals surface area contributed by atoms with Crippen molar-refractivity contribution in [1.82, 2.24) is 14.9 Å². The van der Waals surface area contributed by atoms with Gasteiger partial charge < -0.3 is 25.3 Å². The second-order valence-corrected chi connectivity index (χ2v) is 12.3. The van der Waals surface area contributed by atoms with Crippen molar-refractivity contribution in [3.8, 4) is 5.75 Å². The quantitative estimate of drug-likeness (QED) is 0.347. The van der Waals surface area contributed by atoms with Crippen molar-refractivity contribution in [2.24, 2.45) is 0 Å². The third-order valence-electron chi connectivity index (χ3n) is 6.71. The van der Waals surface area contributed by atoms with E-state index in [0.29, 0.717) is 51.5 Å². The molecule has 1 aliphatic rings. The first kappa shape index (κ1) is 26.2. The maximum absolute atomic E-state index is 14.0. The molecule has 1 aromatic heterocycles. The number of benzene rings is 2. The molecule has 1 aliphatic heterocycles. The van der Waals surface area contributed by atoms with Crippen LogP contribution in [0.15, 0.2) is 30.3 Å². The SMILES string of the molecule is CCN1CCP(=O)(c2cc3c(N[C@H](C)c4cc(N)cc(C(F)(F)F)c4)nc(C)nc3cc2OC)CC1. The van der Waals surface area contributed by atoms with Gasteiger partial charge in [0.15, 0.2) is 0 Å². The van der Waals surface area contributed by atoms with Crippen LogP contribution in [-0.2, 0) is 10.7 Å². The summed E-state index contributed by atoms with van der Waals surface area (Å²) in [7, 11) is -1.17. The zero-order chi connectivity index (χ0) is 26.3. The average Bonchev–Trinajstić information content (AvgIpc) is 2.82. The maximum Gasteiger partial charge on any atom is 0.416 e. The van der Waals surface area contributed by atoms with Gasteiger partial charge in [-0.2, -0.15) is 13.2 Å². The minimum atomic E-state index is -4.51. The van der Waals surface area contributed by atoms with E-state index in [9.17, 15) is 17.7 Å². The third kappa shape index (κ3) is 5.30. The number of nitrogen functional groups attached to an aromatic ring is 1. The zero-order valence-corrected chi connectivity index (χ0v) is 21.7. The van der Waals surface area contributed by atoms with Gasteiger partial charge in [0.05, 0.1) is 29.5 Å². The highest BCUT2D eigenvalue weighted by molar-refractivity contribution is 7.72. The number of aromatic nitrogens is 2. The molecule has 194 valence electrons. The number of halogens is 3. The molecule has 0 amide bonds. The predicted octanol–water partition coefficient (Wildman–Crippen LogP) is 5.04. The van der Waals surface area contributed by atoms with Crippen LogP contribution in [-0.4, -0.2) is 53.9 Å². The summed E-state index contributed by atoms with van der Waals surface area (Å²) in [5.74, 6) is 1.46. The molecule has 2 aromatic carbocycles. The first-order valence-corrected chi connectivity index (χ1v) is 13.9. The van der Waals surface area contributed by atoms with E-state index in [0.717, 1.165) is 31.8 Å². The van der Waals surface area contributed by atoms with Crippen molar-refractivity contribution in [2.45, 2.75) is 33.0 Å². The zero-order valence-electron chi connectivity index (χ0n) is 20.8. The van der Waals surface area contributed by atoms with Gasteiger partial charge in [0.25, 0.3) is 0 Å². The van der Waals surface area contributed by atoms with Crippen LogP contribution in [0.1, 0.15) is 36.8 Å². The minimum Gasteiger partial charge on any atom is -0.496 e. The summed E-state index contributed by atoms with van der Waals surface area (Å²) < 4.78 is 59.7. The van der Waals surface area contributed by atoms with Gasteiger partial charge in [-0.3, -0.25) is 0 Å². The fourth-order valence-corrected chi connectivity index (χ4v) is 7.46. The molecule has 11 heteroatoms. The Kier molecular flexibility index (Phi) is 7.21. The molecule has 2 heterocycles. The molecule has 1 fully saturated rings. The molecule has 0 bridgehead atoms. The van der Waals surface area contributed by atoms with Gasteiger partial charge in [-0.1, -0.05) is 6.92 Å². The lowest BCUT2D eigenvalue weighted by Gasteiger charge is -2.32. The Morgan fingerprint density at radius 3 is 2.47 bits per heavy atom. The second-order valence-electron chi connectivity index (χ2n) is 9.18. The number of alkyl halides is 3. The van der Waals surface area contributed by atoms with Crippen LogP contribution in [0, 0.1) is 6.92 Å². The van der Waals surface area contributed by atoms with Gasteiger partial charge in [0.2, 0.25) is 0 Å². The van der Waals surface area contributed by atoms with E-state index in [1.807, 2.05) is 6.07 Å². The number of aryl methyl sites for hydroxylation is 1. The molecule has 4 rings (SSSR count). The number of anilines is 2. The Bertz CT molecular complexity index is 1320. The Labute approximate surface area is 208 Å². The lowest BCUT2D eigenvalue weighted by Crippen LogP contribution is -2.37. The summed E-state index contributed by atoms with van der Waals surface area (Å²) in [6.07, 6.45) is -3.40. The van der Waals surface area contributed by atoms with E-state index in [4.69, 9.17) is 10.5 Å². The maximum atomic E-state index is 14.0. The number of ether oxygens (including phenoxy) is 1. The van der Waals surface area contributed by atoms with Crippen LogP contribution < -0.4 is 21.1 Å². The molecule has 1 saturated heterocycles. The third-order valence-corrected chi connectivity index (χ3v) is 9.78. The van der Waals surface area contributed by atoms with Crippen LogP contribution in [0.4, 0.5) is 24.7 Å². The summed E-state index contributed by atoms with van der Waals surface area (Å²) in [5.41, 5.74) is 5.96. The second kappa shape index (κ2) is 9.90. The molecule has 0 radical (unpaired) electrons. The smallest absolute Gasteiger partial charge is 0.416 e. The van der Waals surface area contributed by atoms with E-state index in [1.54, 1.807) is 27.0 Å². The summed E-state index contributed by atoms with van der Waals surface area (Å²) in [6, 6.07) is 6.56. The molecule has 1 atom stereocenters. The number of fused-ring (bicyclic) bond motifs is 1. The highest BCUT2D eigenvalue weighted by Gasteiger charge is 2.34. The van der Waals surface area contributed by atoms with Gasteiger partial charge in [0.1, 0.15) is 24.5 Å². The van der Waals surface area contributed by atoms with E-state index in [-0.39, 0.29) is 5.69 Å². The highest BCUT2D eigenvalue weighted by atomic mass is 31.2. The topological polar surface area (TPSA) is 93.4 Å². The molecule has 0 saturated carbocycles. The predicted molar refractivity (Wildman–Crippen MR) is 138 cm³/mol. The number of nitrogens with zero attached hydrogens (tertiary/aromatic N) is 3.